The molecule has 29 heavy (non-hydrogen) atoms. The quantitative estimate of drug-likeness (QED) is 0.330. The SMILES string of the molecule is CCNC(=NCc1ccccc1CN(CC)CC)N1CCS(=O)(=O)C(C)(C)C1.I. The minimum Gasteiger partial charge on any atom is -0.357 e. The minimum absolute atomic E-state index is 0. The molecule has 0 unspecified atom stereocenters. The molecule has 1 heterocycles. The Morgan fingerprint density at radius 2 is 1.79 bits per heavy atom. The van der Waals surface area contributed by atoms with E-state index in [2.05, 4.69) is 53.2 Å². The lowest BCUT2D eigenvalue weighted by Gasteiger charge is -2.39. The van der Waals surface area contributed by atoms with Crippen molar-refractivity contribution in [2.75, 3.05) is 38.5 Å². The predicted molar refractivity (Wildman–Crippen MR) is 133 cm³/mol. The van der Waals surface area contributed by atoms with E-state index in [9.17, 15) is 8.42 Å². The molecule has 0 aromatic heterocycles. The molecule has 0 atom stereocenters. The summed E-state index contributed by atoms with van der Waals surface area (Å²) in [5, 5.41) is 3.34. The second kappa shape index (κ2) is 11.5. The van der Waals surface area contributed by atoms with E-state index in [1.807, 2.05) is 6.92 Å². The maximum Gasteiger partial charge on any atom is 0.194 e. The van der Waals surface area contributed by atoms with E-state index in [1.54, 1.807) is 13.8 Å². The maximum absolute atomic E-state index is 12.3. The summed E-state index contributed by atoms with van der Waals surface area (Å²) in [5.74, 6) is 0.964. The first-order valence-corrected chi connectivity index (χ1v) is 11.9. The van der Waals surface area contributed by atoms with Gasteiger partial charge in [-0.2, -0.15) is 0 Å². The fourth-order valence-corrected chi connectivity index (χ4v) is 4.83. The molecule has 1 saturated heterocycles. The van der Waals surface area contributed by atoms with Gasteiger partial charge >= 0.3 is 0 Å². The smallest absolute Gasteiger partial charge is 0.194 e. The molecule has 0 aliphatic carbocycles. The average Bonchev–Trinajstić information content (AvgIpc) is 2.66. The molecule has 8 heteroatoms. The Balaban J connectivity index is 0.00000420. The molecule has 0 spiro atoms. The van der Waals surface area contributed by atoms with Gasteiger partial charge in [-0.1, -0.05) is 38.1 Å². The van der Waals surface area contributed by atoms with E-state index in [1.165, 1.54) is 11.1 Å². The number of hydrogen-bond donors (Lipinski definition) is 1. The van der Waals surface area contributed by atoms with Crippen molar-refractivity contribution in [2.45, 2.75) is 52.5 Å². The highest BCUT2D eigenvalue weighted by Crippen LogP contribution is 2.24. The van der Waals surface area contributed by atoms with Crippen molar-refractivity contribution in [1.29, 1.82) is 0 Å². The summed E-state index contributed by atoms with van der Waals surface area (Å²) < 4.78 is 23.9. The third-order valence-electron chi connectivity index (χ3n) is 5.48. The minimum atomic E-state index is -3.07. The van der Waals surface area contributed by atoms with E-state index >= 15 is 0 Å². The van der Waals surface area contributed by atoms with Crippen LogP contribution in [0.5, 0.6) is 0 Å². The van der Waals surface area contributed by atoms with Gasteiger partial charge < -0.3 is 10.2 Å². The molecule has 1 aliphatic heterocycles. The van der Waals surface area contributed by atoms with Crippen LogP contribution in [0, 0.1) is 0 Å². The number of guanidine groups is 1. The Kier molecular flexibility index (Phi) is 10.4. The van der Waals surface area contributed by atoms with Gasteiger partial charge in [0.1, 0.15) is 0 Å². The standard InChI is InChI=1S/C21H36N4O2S.HI/c1-6-22-20(25-13-14-28(26,27)21(4,5)17-25)23-15-18-11-9-10-12-19(18)16-24(7-2)8-3;/h9-12H,6-8,13-17H2,1-5H3,(H,22,23);1H. The van der Waals surface area contributed by atoms with Crippen molar-refractivity contribution in [3.8, 4) is 0 Å². The first kappa shape index (κ1) is 26.2. The third kappa shape index (κ3) is 6.82. The number of hydrogen-bond acceptors (Lipinski definition) is 4. The Morgan fingerprint density at radius 3 is 2.34 bits per heavy atom. The first-order chi connectivity index (χ1) is 13.2. The third-order valence-corrected chi connectivity index (χ3v) is 8.02. The Labute approximate surface area is 194 Å². The lowest BCUT2D eigenvalue weighted by molar-refractivity contribution is 0.295. The molecule has 0 saturated carbocycles. The van der Waals surface area contributed by atoms with Gasteiger partial charge in [0.2, 0.25) is 0 Å². The van der Waals surface area contributed by atoms with Crippen LogP contribution in [0.3, 0.4) is 0 Å². The van der Waals surface area contributed by atoms with Gasteiger partial charge in [0.25, 0.3) is 0 Å². The van der Waals surface area contributed by atoms with Gasteiger partial charge in [0.15, 0.2) is 15.8 Å². The molecule has 0 radical (unpaired) electrons. The zero-order valence-corrected chi connectivity index (χ0v) is 21.6. The summed E-state index contributed by atoms with van der Waals surface area (Å²) in [4.78, 5) is 9.33. The lowest BCUT2D eigenvalue weighted by atomic mass is 10.1. The van der Waals surface area contributed by atoms with Crippen molar-refractivity contribution >= 4 is 39.8 Å². The summed E-state index contributed by atoms with van der Waals surface area (Å²) in [6.45, 7) is 15.3. The highest BCUT2D eigenvalue weighted by atomic mass is 127. The van der Waals surface area contributed by atoms with Crippen LogP contribution < -0.4 is 5.32 Å². The molecule has 0 amide bonds. The van der Waals surface area contributed by atoms with Crippen molar-refractivity contribution in [2.24, 2.45) is 4.99 Å². The van der Waals surface area contributed by atoms with Gasteiger partial charge in [0, 0.05) is 26.2 Å². The van der Waals surface area contributed by atoms with Crippen molar-refractivity contribution < 1.29 is 8.42 Å². The average molecular weight is 537 g/mol. The van der Waals surface area contributed by atoms with E-state index in [4.69, 9.17) is 4.99 Å². The van der Waals surface area contributed by atoms with Gasteiger partial charge in [-0.3, -0.25) is 4.90 Å². The van der Waals surface area contributed by atoms with Crippen LogP contribution in [0.2, 0.25) is 0 Å². The number of aliphatic imine (C=N–C) groups is 1. The number of rotatable bonds is 7. The molecule has 1 aliphatic rings. The molecule has 6 nitrogen and oxygen atoms in total. The summed E-state index contributed by atoms with van der Waals surface area (Å²) in [5.41, 5.74) is 2.51. The zero-order valence-electron chi connectivity index (χ0n) is 18.4. The Bertz CT molecular complexity index is 777. The maximum atomic E-state index is 12.3. The van der Waals surface area contributed by atoms with Crippen LogP contribution >= 0.6 is 24.0 Å². The van der Waals surface area contributed by atoms with Crippen LogP contribution in [-0.4, -0.2) is 67.4 Å². The van der Waals surface area contributed by atoms with E-state index < -0.39 is 14.6 Å². The van der Waals surface area contributed by atoms with Gasteiger partial charge in [-0.15, -0.1) is 24.0 Å². The van der Waals surface area contributed by atoms with Crippen molar-refractivity contribution in [1.82, 2.24) is 15.1 Å². The highest BCUT2D eigenvalue weighted by molar-refractivity contribution is 14.0. The van der Waals surface area contributed by atoms with Crippen LogP contribution in [-0.2, 0) is 22.9 Å². The number of nitrogens with zero attached hydrogens (tertiary/aromatic N) is 3. The summed E-state index contributed by atoms with van der Waals surface area (Å²) in [7, 11) is -3.07. The molecular formula is C21H37IN4O2S. The molecule has 2 rings (SSSR count). The number of nitrogens with one attached hydrogen (secondary N) is 1. The fourth-order valence-electron chi connectivity index (χ4n) is 3.46. The monoisotopic (exact) mass is 536 g/mol. The van der Waals surface area contributed by atoms with Crippen LogP contribution in [0.4, 0.5) is 0 Å². The molecular weight excluding hydrogens is 499 g/mol. The molecule has 0 bridgehead atoms. The van der Waals surface area contributed by atoms with E-state index in [-0.39, 0.29) is 29.7 Å². The zero-order chi connectivity index (χ0) is 20.8. The Morgan fingerprint density at radius 1 is 1.17 bits per heavy atom. The van der Waals surface area contributed by atoms with E-state index in [0.29, 0.717) is 19.6 Å². The summed E-state index contributed by atoms with van der Waals surface area (Å²) in [6, 6.07) is 8.44. The molecule has 1 aromatic carbocycles. The second-order valence-electron chi connectivity index (χ2n) is 7.90. The number of benzene rings is 1. The molecule has 166 valence electrons. The fraction of sp³-hybridized carbons (Fsp3) is 0.667. The second-order valence-corrected chi connectivity index (χ2v) is 10.6. The van der Waals surface area contributed by atoms with Gasteiger partial charge in [-0.05, 0) is 45.0 Å². The molecule has 1 N–H and O–H groups in total. The summed E-state index contributed by atoms with van der Waals surface area (Å²) >= 11 is 0. The van der Waals surface area contributed by atoms with Crippen molar-refractivity contribution in [3.63, 3.8) is 0 Å². The molecule has 1 aromatic rings. The number of halogens is 1. The van der Waals surface area contributed by atoms with E-state index in [0.717, 1.165) is 32.1 Å². The van der Waals surface area contributed by atoms with Crippen LogP contribution in [0.15, 0.2) is 29.3 Å². The highest BCUT2D eigenvalue weighted by Gasteiger charge is 2.40. The van der Waals surface area contributed by atoms with Gasteiger partial charge in [-0.25, -0.2) is 13.4 Å². The normalized spacial score (nSPS) is 18.4. The topological polar surface area (TPSA) is 65.0 Å². The van der Waals surface area contributed by atoms with Gasteiger partial charge in [0.05, 0.1) is 17.0 Å². The van der Waals surface area contributed by atoms with Crippen LogP contribution in [0.25, 0.3) is 0 Å². The largest absolute Gasteiger partial charge is 0.357 e. The van der Waals surface area contributed by atoms with Crippen LogP contribution in [0.1, 0.15) is 45.7 Å². The molecule has 1 fully saturated rings. The van der Waals surface area contributed by atoms with Crippen molar-refractivity contribution in [3.05, 3.63) is 35.4 Å². The summed E-state index contributed by atoms with van der Waals surface area (Å²) in [6.07, 6.45) is 0. The number of sulfone groups is 1. The lowest BCUT2D eigenvalue weighted by Crippen LogP contribution is -2.57. The first-order valence-electron chi connectivity index (χ1n) is 10.3. The Hall–Kier alpha value is -0.870. The predicted octanol–water partition coefficient (Wildman–Crippen LogP) is 3.12.